The van der Waals surface area contributed by atoms with E-state index in [9.17, 15) is 9.59 Å². The summed E-state index contributed by atoms with van der Waals surface area (Å²) >= 11 is 0. The van der Waals surface area contributed by atoms with Crippen LogP contribution in [0.5, 0.6) is 5.75 Å². The summed E-state index contributed by atoms with van der Waals surface area (Å²) in [5.41, 5.74) is 5.92. The Kier molecular flexibility index (Phi) is 6.37. The highest BCUT2D eigenvalue weighted by Crippen LogP contribution is 2.39. The largest absolute Gasteiger partial charge is 0.496 e. The van der Waals surface area contributed by atoms with E-state index >= 15 is 0 Å². The van der Waals surface area contributed by atoms with Crippen molar-refractivity contribution < 1.29 is 19.1 Å². The predicted octanol–water partition coefficient (Wildman–Crippen LogP) is 4.87. The Hall–Kier alpha value is -3.02. The minimum absolute atomic E-state index is 0.128. The summed E-state index contributed by atoms with van der Waals surface area (Å²) in [6, 6.07) is 6.31. The molecule has 1 amide bonds. The van der Waals surface area contributed by atoms with Crippen molar-refractivity contribution in [2.75, 3.05) is 20.3 Å². The second-order valence-electron chi connectivity index (χ2n) is 9.73. The van der Waals surface area contributed by atoms with Gasteiger partial charge in [-0.15, -0.1) is 0 Å². The van der Waals surface area contributed by atoms with Crippen molar-refractivity contribution >= 4 is 18.0 Å². The number of hydrogen-bond acceptors (Lipinski definition) is 4. The predicted molar refractivity (Wildman–Crippen MR) is 130 cm³/mol. The van der Waals surface area contributed by atoms with Crippen molar-refractivity contribution in [1.29, 1.82) is 0 Å². The molecule has 2 aliphatic heterocycles. The van der Waals surface area contributed by atoms with Crippen molar-refractivity contribution in [2.45, 2.75) is 65.5 Å². The van der Waals surface area contributed by atoms with Crippen LogP contribution >= 0.6 is 0 Å². The van der Waals surface area contributed by atoms with E-state index in [-0.39, 0.29) is 17.4 Å². The maximum Gasteiger partial charge on any atom is 0.330 e. The third-order valence-electron chi connectivity index (χ3n) is 6.53. The number of aryl methyl sites for hydroxylation is 2. The first-order valence-electron chi connectivity index (χ1n) is 11.8. The quantitative estimate of drug-likeness (QED) is 0.492. The van der Waals surface area contributed by atoms with Crippen LogP contribution in [0.3, 0.4) is 0 Å². The summed E-state index contributed by atoms with van der Waals surface area (Å²) in [7, 11) is 1.64. The van der Waals surface area contributed by atoms with Crippen LogP contribution in [0.15, 0.2) is 24.3 Å². The van der Waals surface area contributed by atoms with Crippen molar-refractivity contribution in [3.8, 4) is 17.0 Å². The van der Waals surface area contributed by atoms with Gasteiger partial charge in [-0.25, -0.2) is 4.79 Å². The average molecular weight is 451 g/mol. The normalized spacial score (nSPS) is 16.0. The fourth-order valence-electron chi connectivity index (χ4n) is 4.93. The molecule has 0 aliphatic carbocycles. The molecule has 1 aromatic carbocycles. The zero-order valence-electron chi connectivity index (χ0n) is 20.4. The van der Waals surface area contributed by atoms with Gasteiger partial charge >= 0.3 is 5.97 Å². The van der Waals surface area contributed by atoms with Crippen molar-refractivity contribution in [1.82, 2.24) is 9.47 Å². The Balaban J connectivity index is 1.81. The smallest absolute Gasteiger partial charge is 0.330 e. The monoisotopic (exact) mass is 450 g/mol. The number of ether oxygens (including phenoxy) is 2. The molecule has 0 atom stereocenters. The number of carbonyl (C=O) groups excluding carboxylic acids is 2. The molecule has 3 heterocycles. The molecule has 2 aromatic rings. The van der Waals surface area contributed by atoms with Crippen LogP contribution in [-0.2, 0) is 28.9 Å². The summed E-state index contributed by atoms with van der Waals surface area (Å²) in [5.74, 6) is 0.474. The molecule has 33 heavy (non-hydrogen) atoms. The number of carbonyl (C=O) groups is 2. The van der Waals surface area contributed by atoms with Crippen molar-refractivity contribution in [3.63, 3.8) is 0 Å². The van der Waals surface area contributed by atoms with Crippen LogP contribution < -0.4 is 4.74 Å². The zero-order chi connectivity index (χ0) is 23.8. The summed E-state index contributed by atoms with van der Waals surface area (Å²) in [5, 5.41) is 0. The number of hydrogen-bond donors (Lipinski definition) is 0. The number of methoxy groups -OCH3 is 1. The molecule has 0 saturated carbocycles. The van der Waals surface area contributed by atoms with E-state index in [4.69, 9.17) is 9.47 Å². The molecule has 6 heteroatoms. The summed E-state index contributed by atoms with van der Waals surface area (Å²) < 4.78 is 12.8. The van der Waals surface area contributed by atoms with Crippen molar-refractivity contribution in [2.24, 2.45) is 0 Å². The lowest BCUT2D eigenvalue weighted by atomic mass is 9.95. The second-order valence-corrected chi connectivity index (χ2v) is 9.73. The maximum absolute atomic E-state index is 13.7. The Morgan fingerprint density at radius 3 is 2.58 bits per heavy atom. The summed E-state index contributed by atoms with van der Waals surface area (Å²) in [6.07, 6.45) is 6.99. The molecule has 1 aromatic heterocycles. The number of aromatic nitrogens is 1. The van der Waals surface area contributed by atoms with Crippen LogP contribution in [0, 0.1) is 0 Å². The van der Waals surface area contributed by atoms with Crippen LogP contribution in [0.4, 0.5) is 0 Å². The maximum atomic E-state index is 13.7. The fraction of sp³-hybridized carbons (Fsp3) is 0.481. The molecule has 0 spiro atoms. The number of nitrogens with zero attached hydrogens (tertiary/aromatic N) is 2. The SMILES string of the molecule is CCOC(=O)/C=C/c1cc2c(cc1OC)CCn1c-2cc2c1C(=O)N(C(C)(C)C)CCCC2. The van der Waals surface area contributed by atoms with Crippen LogP contribution in [-0.4, -0.2) is 47.1 Å². The molecule has 0 saturated heterocycles. The third-order valence-corrected chi connectivity index (χ3v) is 6.53. The van der Waals surface area contributed by atoms with Gasteiger partial charge in [0.2, 0.25) is 0 Å². The number of amides is 1. The van der Waals surface area contributed by atoms with E-state index in [1.165, 1.54) is 11.6 Å². The van der Waals surface area contributed by atoms with E-state index < -0.39 is 0 Å². The highest BCUT2D eigenvalue weighted by molar-refractivity contribution is 5.97. The van der Waals surface area contributed by atoms with E-state index in [0.29, 0.717) is 6.61 Å². The number of rotatable bonds is 4. The molecule has 0 unspecified atom stereocenters. The van der Waals surface area contributed by atoms with Gasteiger partial charge in [0.05, 0.1) is 13.7 Å². The molecule has 176 valence electrons. The number of esters is 1. The Morgan fingerprint density at radius 1 is 1.09 bits per heavy atom. The number of benzene rings is 1. The highest BCUT2D eigenvalue weighted by atomic mass is 16.5. The van der Waals surface area contributed by atoms with Gasteiger partial charge < -0.3 is 18.9 Å². The topological polar surface area (TPSA) is 60.8 Å². The molecule has 6 nitrogen and oxygen atoms in total. The van der Waals surface area contributed by atoms with Gasteiger partial charge in [0, 0.05) is 41.5 Å². The molecule has 0 bridgehead atoms. The molecular formula is C27H34N2O4. The summed E-state index contributed by atoms with van der Waals surface area (Å²) in [4.78, 5) is 27.6. The van der Waals surface area contributed by atoms with E-state index in [1.54, 1.807) is 20.1 Å². The first-order valence-corrected chi connectivity index (χ1v) is 11.8. The number of fused-ring (bicyclic) bond motifs is 5. The van der Waals surface area contributed by atoms with E-state index in [2.05, 4.69) is 43.5 Å². The lowest BCUT2D eigenvalue weighted by Crippen LogP contribution is -2.47. The van der Waals surface area contributed by atoms with Gasteiger partial charge in [0.1, 0.15) is 11.4 Å². The minimum atomic E-state index is -0.378. The lowest BCUT2D eigenvalue weighted by molar-refractivity contribution is -0.137. The van der Waals surface area contributed by atoms with Gasteiger partial charge in [0.25, 0.3) is 5.91 Å². The van der Waals surface area contributed by atoms with Crippen molar-refractivity contribution in [3.05, 3.63) is 46.7 Å². The third kappa shape index (κ3) is 4.43. The lowest BCUT2D eigenvalue weighted by Gasteiger charge is -2.37. The zero-order valence-corrected chi connectivity index (χ0v) is 20.4. The van der Waals surface area contributed by atoms with Gasteiger partial charge in [-0.2, -0.15) is 0 Å². The summed E-state index contributed by atoms with van der Waals surface area (Å²) in [6.45, 7) is 10.0. The standard InChI is InChI=1S/C27H34N2O4/c1-6-33-24(30)11-10-19-15-21-18(17-23(19)32-5)12-14-28-22(21)16-20-9-7-8-13-29(27(2,3)4)26(31)25(20)28/h10-11,15-17H,6-9,12-14H2,1-5H3/b11-10+. The molecule has 0 radical (unpaired) electrons. The highest BCUT2D eigenvalue weighted by Gasteiger charge is 2.34. The molecule has 0 fully saturated rings. The minimum Gasteiger partial charge on any atom is -0.496 e. The Bertz CT molecular complexity index is 1100. The first kappa shape index (κ1) is 23.1. The van der Waals surface area contributed by atoms with Gasteiger partial charge in [0.15, 0.2) is 0 Å². The molecule has 4 rings (SSSR count). The Labute approximate surface area is 196 Å². The second kappa shape index (κ2) is 9.08. The fourth-order valence-corrected chi connectivity index (χ4v) is 4.93. The molecule has 0 N–H and O–H groups in total. The van der Waals surface area contributed by atoms with Crippen LogP contribution in [0.1, 0.15) is 67.7 Å². The average Bonchev–Trinajstić information content (AvgIpc) is 3.12. The Morgan fingerprint density at radius 2 is 1.88 bits per heavy atom. The molecule has 2 aliphatic rings. The van der Waals surface area contributed by atoms with Gasteiger partial charge in [-0.05, 0) is 88.8 Å². The van der Waals surface area contributed by atoms with Gasteiger partial charge in [-0.3, -0.25) is 4.79 Å². The van der Waals surface area contributed by atoms with E-state index in [0.717, 1.165) is 72.6 Å². The van der Waals surface area contributed by atoms with E-state index in [1.807, 2.05) is 4.90 Å². The first-order chi connectivity index (χ1) is 15.7. The van der Waals surface area contributed by atoms with Crippen LogP contribution in [0.2, 0.25) is 0 Å². The van der Waals surface area contributed by atoms with Crippen LogP contribution in [0.25, 0.3) is 17.3 Å². The molecular weight excluding hydrogens is 416 g/mol. The van der Waals surface area contributed by atoms with Gasteiger partial charge in [-0.1, -0.05) is 0 Å².